The first-order valence-electron chi connectivity index (χ1n) is 6.70. The molecule has 1 rings (SSSR count). The topological polar surface area (TPSA) is 29.3 Å². The van der Waals surface area contributed by atoms with Gasteiger partial charge in [0.25, 0.3) is 5.92 Å². The molecule has 19 heavy (non-hydrogen) atoms. The second-order valence-electron chi connectivity index (χ2n) is 5.50. The van der Waals surface area contributed by atoms with Gasteiger partial charge in [0.2, 0.25) is 0 Å². The summed E-state index contributed by atoms with van der Waals surface area (Å²) in [6, 6.07) is 8.01. The van der Waals surface area contributed by atoms with Gasteiger partial charge in [0.05, 0.1) is 6.54 Å². The number of hydrogen-bond donors (Lipinski definition) is 1. The van der Waals surface area contributed by atoms with Crippen LogP contribution in [0.25, 0.3) is 0 Å². The molecule has 0 fully saturated rings. The molecule has 0 aliphatic carbocycles. The average Bonchev–Trinajstić information content (AvgIpc) is 2.36. The number of rotatable bonds is 7. The molecule has 4 heteroatoms. The fourth-order valence-corrected chi connectivity index (χ4v) is 1.89. The van der Waals surface area contributed by atoms with Gasteiger partial charge in [-0.15, -0.1) is 0 Å². The van der Waals surface area contributed by atoms with Gasteiger partial charge in [0.1, 0.15) is 0 Å². The molecule has 0 aliphatic rings. The third-order valence-electron chi connectivity index (χ3n) is 3.37. The Kier molecular flexibility index (Phi) is 5.88. The standard InChI is InChI=1S/C15H24F2N2/c1-12(2)14(18)9-10-19(3)11-15(16,17)13-7-5-4-6-8-13/h4-8,12,14H,9-11,18H2,1-3H3. The van der Waals surface area contributed by atoms with E-state index in [4.69, 9.17) is 5.73 Å². The first-order chi connectivity index (χ1) is 8.83. The minimum Gasteiger partial charge on any atom is -0.327 e. The van der Waals surface area contributed by atoms with Crippen LogP contribution in [-0.4, -0.2) is 31.1 Å². The Hall–Kier alpha value is -1.00. The summed E-state index contributed by atoms with van der Waals surface area (Å²) in [5.41, 5.74) is 5.99. The van der Waals surface area contributed by atoms with Crippen LogP contribution in [0, 0.1) is 5.92 Å². The quantitative estimate of drug-likeness (QED) is 0.825. The van der Waals surface area contributed by atoms with Gasteiger partial charge in [0.15, 0.2) is 0 Å². The van der Waals surface area contributed by atoms with Crippen molar-refractivity contribution >= 4 is 0 Å². The Morgan fingerprint density at radius 3 is 2.32 bits per heavy atom. The molecule has 0 bridgehead atoms. The summed E-state index contributed by atoms with van der Waals surface area (Å²) in [7, 11) is 1.71. The van der Waals surface area contributed by atoms with Crippen LogP contribution in [0.5, 0.6) is 0 Å². The highest BCUT2D eigenvalue weighted by Gasteiger charge is 2.32. The van der Waals surface area contributed by atoms with Crippen molar-refractivity contribution in [2.75, 3.05) is 20.1 Å². The molecule has 0 aliphatic heterocycles. The van der Waals surface area contributed by atoms with Crippen molar-refractivity contribution < 1.29 is 8.78 Å². The zero-order chi connectivity index (χ0) is 14.5. The summed E-state index contributed by atoms with van der Waals surface area (Å²) in [5, 5.41) is 0. The van der Waals surface area contributed by atoms with Gasteiger partial charge in [-0.2, -0.15) is 8.78 Å². The van der Waals surface area contributed by atoms with Gasteiger partial charge in [-0.1, -0.05) is 44.2 Å². The molecule has 2 N–H and O–H groups in total. The number of hydrogen-bond acceptors (Lipinski definition) is 2. The van der Waals surface area contributed by atoms with Crippen LogP contribution >= 0.6 is 0 Å². The molecule has 0 spiro atoms. The van der Waals surface area contributed by atoms with Gasteiger partial charge >= 0.3 is 0 Å². The van der Waals surface area contributed by atoms with Gasteiger partial charge in [-0.25, -0.2) is 0 Å². The van der Waals surface area contributed by atoms with Crippen molar-refractivity contribution in [3.8, 4) is 0 Å². The van der Waals surface area contributed by atoms with Gasteiger partial charge < -0.3 is 10.6 Å². The SMILES string of the molecule is CC(C)C(N)CCN(C)CC(F)(F)c1ccccc1. The largest absolute Gasteiger partial charge is 0.327 e. The lowest BCUT2D eigenvalue weighted by Gasteiger charge is -2.25. The van der Waals surface area contributed by atoms with Crippen LogP contribution in [0.3, 0.4) is 0 Å². The lowest BCUT2D eigenvalue weighted by molar-refractivity contribution is -0.0326. The van der Waals surface area contributed by atoms with Gasteiger partial charge in [-0.3, -0.25) is 0 Å². The molecular formula is C15H24F2N2. The summed E-state index contributed by atoms with van der Waals surface area (Å²) in [4.78, 5) is 1.65. The number of nitrogens with zero attached hydrogens (tertiary/aromatic N) is 1. The number of likely N-dealkylation sites (N-methyl/N-ethyl adjacent to an activating group) is 1. The molecule has 0 radical (unpaired) electrons. The maximum Gasteiger partial charge on any atom is 0.285 e. The zero-order valence-corrected chi connectivity index (χ0v) is 11.9. The number of alkyl halides is 2. The second-order valence-corrected chi connectivity index (χ2v) is 5.50. The minimum absolute atomic E-state index is 0.0628. The first kappa shape index (κ1) is 16.1. The van der Waals surface area contributed by atoms with E-state index < -0.39 is 5.92 Å². The Morgan fingerprint density at radius 1 is 1.21 bits per heavy atom. The minimum atomic E-state index is -2.82. The Bertz CT molecular complexity index is 366. The van der Waals surface area contributed by atoms with Crippen molar-refractivity contribution in [1.82, 2.24) is 4.90 Å². The van der Waals surface area contributed by atoms with E-state index in [-0.39, 0.29) is 18.2 Å². The molecule has 0 saturated carbocycles. The van der Waals surface area contributed by atoms with Crippen molar-refractivity contribution in [3.63, 3.8) is 0 Å². The third-order valence-corrected chi connectivity index (χ3v) is 3.37. The summed E-state index contributed by atoms with van der Waals surface area (Å²) in [5.74, 6) is -2.44. The van der Waals surface area contributed by atoms with E-state index in [0.29, 0.717) is 12.5 Å². The molecule has 1 aromatic rings. The summed E-state index contributed by atoms with van der Waals surface area (Å²) in [6.45, 7) is 4.40. The lowest BCUT2D eigenvalue weighted by Crippen LogP contribution is -2.36. The van der Waals surface area contributed by atoms with E-state index in [0.717, 1.165) is 6.42 Å². The van der Waals surface area contributed by atoms with Crippen LogP contribution in [-0.2, 0) is 5.92 Å². The molecule has 108 valence electrons. The van der Waals surface area contributed by atoms with Gasteiger partial charge in [0, 0.05) is 11.6 Å². The van der Waals surface area contributed by atoms with E-state index in [1.54, 1.807) is 30.1 Å². The van der Waals surface area contributed by atoms with Gasteiger partial charge in [-0.05, 0) is 25.9 Å². The van der Waals surface area contributed by atoms with Crippen LogP contribution in [0.2, 0.25) is 0 Å². The summed E-state index contributed by atoms with van der Waals surface area (Å²) >= 11 is 0. The molecule has 1 unspecified atom stereocenters. The predicted molar refractivity (Wildman–Crippen MR) is 75.3 cm³/mol. The highest BCUT2D eigenvalue weighted by molar-refractivity contribution is 5.20. The highest BCUT2D eigenvalue weighted by atomic mass is 19.3. The van der Waals surface area contributed by atoms with Crippen molar-refractivity contribution in [2.24, 2.45) is 11.7 Å². The van der Waals surface area contributed by atoms with Crippen LogP contribution < -0.4 is 5.73 Å². The first-order valence-corrected chi connectivity index (χ1v) is 6.70. The fourth-order valence-electron chi connectivity index (χ4n) is 1.89. The number of nitrogens with two attached hydrogens (primary N) is 1. The van der Waals surface area contributed by atoms with Crippen molar-refractivity contribution in [1.29, 1.82) is 0 Å². The van der Waals surface area contributed by atoms with Crippen molar-refractivity contribution in [2.45, 2.75) is 32.2 Å². The fraction of sp³-hybridized carbons (Fsp3) is 0.600. The van der Waals surface area contributed by atoms with Crippen LogP contribution in [0.15, 0.2) is 30.3 Å². The number of benzene rings is 1. The van der Waals surface area contributed by atoms with E-state index in [2.05, 4.69) is 0 Å². The molecular weight excluding hydrogens is 246 g/mol. The molecule has 0 amide bonds. The Labute approximate surface area is 114 Å². The third kappa shape index (κ3) is 5.25. The predicted octanol–water partition coefficient (Wildman–Crippen LogP) is 3.08. The maximum absolute atomic E-state index is 14.0. The smallest absolute Gasteiger partial charge is 0.285 e. The molecule has 2 nitrogen and oxygen atoms in total. The molecule has 1 aromatic carbocycles. The van der Waals surface area contributed by atoms with Crippen molar-refractivity contribution in [3.05, 3.63) is 35.9 Å². The second kappa shape index (κ2) is 6.96. The Morgan fingerprint density at radius 2 is 1.79 bits per heavy atom. The highest BCUT2D eigenvalue weighted by Crippen LogP contribution is 2.28. The molecule has 0 heterocycles. The summed E-state index contributed by atoms with van der Waals surface area (Å²) < 4.78 is 28.0. The molecule has 1 atom stereocenters. The summed E-state index contributed by atoms with van der Waals surface area (Å²) in [6.07, 6.45) is 0.735. The van der Waals surface area contributed by atoms with E-state index in [1.165, 1.54) is 12.1 Å². The van der Waals surface area contributed by atoms with E-state index in [9.17, 15) is 8.78 Å². The average molecular weight is 270 g/mol. The van der Waals surface area contributed by atoms with E-state index >= 15 is 0 Å². The molecule has 0 saturated heterocycles. The van der Waals surface area contributed by atoms with E-state index in [1.807, 2.05) is 13.8 Å². The monoisotopic (exact) mass is 270 g/mol. The lowest BCUT2D eigenvalue weighted by atomic mass is 10.0. The van der Waals surface area contributed by atoms with Crippen LogP contribution in [0.1, 0.15) is 25.8 Å². The zero-order valence-electron chi connectivity index (χ0n) is 11.9. The maximum atomic E-state index is 14.0. The number of halogens is 2. The molecule has 0 aromatic heterocycles. The Balaban J connectivity index is 2.49. The normalized spacial score (nSPS) is 14.1. The van der Waals surface area contributed by atoms with Crippen LogP contribution in [0.4, 0.5) is 8.78 Å².